The van der Waals surface area contributed by atoms with E-state index in [0.29, 0.717) is 24.1 Å². The van der Waals surface area contributed by atoms with Crippen molar-refractivity contribution in [2.45, 2.75) is 25.0 Å². The fourth-order valence-corrected chi connectivity index (χ4v) is 3.16. The second-order valence-electron chi connectivity index (χ2n) is 4.33. The van der Waals surface area contributed by atoms with Crippen LogP contribution in [0.25, 0.3) is 0 Å². The van der Waals surface area contributed by atoms with Gasteiger partial charge in [0.15, 0.2) is 5.84 Å². The highest BCUT2D eigenvalue weighted by Gasteiger charge is 2.36. The Morgan fingerprint density at radius 1 is 1.50 bits per heavy atom. The number of oxime groups is 1. The number of nitrogens with two attached hydrogens (primary N) is 1. The number of sulfonamides is 1. The van der Waals surface area contributed by atoms with Crippen LogP contribution in [0, 0.1) is 6.92 Å². The Morgan fingerprint density at radius 2 is 2.17 bits per heavy atom. The fraction of sp³-hybridized carbons (Fsp3) is 0.364. The Balaban J connectivity index is 2.42. The van der Waals surface area contributed by atoms with Gasteiger partial charge in [-0.05, 0) is 31.4 Å². The largest absolute Gasteiger partial charge is 0.409 e. The predicted molar refractivity (Wildman–Crippen MR) is 69.3 cm³/mol. The maximum atomic E-state index is 11.9. The molecule has 0 aliphatic heterocycles. The number of rotatable bonds is 4. The van der Waals surface area contributed by atoms with Gasteiger partial charge >= 0.3 is 0 Å². The molecule has 2 rings (SSSR count). The molecule has 0 atom stereocenters. The van der Waals surface area contributed by atoms with Crippen molar-refractivity contribution in [1.29, 1.82) is 0 Å². The molecule has 0 amide bonds. The summed E-state index contributed by atoms with van der Waals surface area (Å²) in [6.45, 7) is 1.77. The van der Waals surface area contributed by atoms with Gasteiger partial charge in [0.1, 0.15) is 0 Å². The van der Waals surface area contributed by atoms with E-state index in [0.717, 1.165) is 5.56 Å². The summed E-state index contributed by atoms with van der Waals surface area (Å²) in [4.78, 5) is 0. The molecule has 7 heteroatoms. The molecule has 0 aromatic heterocycles. The summed E-state index contributed by atoms with van der Waals surface area (Å²) < 4.78 is 26.3. The zero-order valence-electron chi connectivity index (χ0n) is 9.92. The first-order chi connectivity index (χ1) is 8.45. The molecule has 0 unspecified atom stereocenters. The summed E-state index contributed by atoms with van der Waals surface area (Å²) in [5, 5.41) is 11.4. The predicted octanol–water partition coefficient (Wildman–Crippen LogP) is 0.994. The van der Waals surface area contributed by atoms with Crippen LogP contribution in [0.1, 0.15) is 24.0 Å². The van der Waals surface area contributed by atoms with Crippen LogP contribution < -0.4 is 10.5 Å². The molecule has 6 nitrogen and oxygen atoms in total. The van der Waals surface area contributed by atoms with Crippen molar-refractivity contribution in [3.63, 3.8) is 0 Å². The molecular weight excluding hydrogens is 254 g/mol. The third-order valence-electron chi connectivity index (χ3n) is 2.85. The van der Waals surface area contributed by atoms with Gasteiger partial charge in [-0.1, -0.05) is 17.3 Å². The van der Waals surface area contributed by atoms with E-state index in [1.54, 1.807) is 25.1 Å². The first-order valence-corrected chi connectivity index (χ1v) is 7.09. The van der Waals surface area contributed by atoms with Crippen LogP contribution in [0.3, 0.4) is 0 Å². The number of aryl methyl sites for hydroxylation is 1. The van der Waals surface area contributed by atoms with Crippen molar-refractivity contribution >= 4 is 21.5 Å². The average molecular weight is 269 g/mol. The van der Waals surface area contributed by atoms with Crippen LogP contribution >= 0.6 is 0 Å². The standard InChI is InChI=1S/C11H15N3O3S/c1-7-3-2-4-9(10(7)11(12)13-15)14-18(16,17)8-5-6-8/h2-4,8,14-15H,5-6H2,1H3,(H2,12,13). The molecule has 0 saturated heterocycles. The van der Waals surface area contributed by atoms with Crippen LogP contribution in [0.5, 0.6) is 0 Å². The van der Waals surface area contributed by atoms with Gasteiger partial charge in [0.05, 0.1) is 10.9 Å². The van der Waals surface area contributed by atoms with E-state index in [4.69, 9.17) is 10.9 Å². The van der Waals surface area contributed by atoms with E-state index < -0.39 is 10.0 Å². The lowest BCUT2D eigenvalue weighted by atomic mass is 10.1. The Morgan fingerprint density at radius 3 is 2.72 bits per heavy atom. The topological polar surface area (TPSA) is 105 Å². The third kappa shape index (κ3) is 2.40. The number of hydrogen-bond donors (Lipinski definition) is 3. The van der Waals surface area contributed by atoms with Gasteiger partial charge in [-0.3, -0.25) is 4.72 Å². The van der Waals surface area contributed by atoms with Crippen molar-refractivity contribution in [2.75, 3.05) is 4.72 Å². The molecule has 1 aliphatic rings. The lowest BCUT2D eigenvalue weighted by molar-refractivity contribution is 0.318. The summed E-state index contributed by atoms with van der Waals surface area (Å²) in [6, 6.07) is 5.08. The molecule has 18 heavy (non-hydrogen) atoms. The molecule has 98 valence electrons. The van der Waals surface area contributed by atoms with Gasteiger partial charge in [0, 0.05) is 5.56 Å². The lowest BCUT2D eigenvalue weighted by Crippen LogP contribution is -2.22. The summed E-state index contributed by atoms with van der Waals surface area (Å²) in [5.74, 6) is -0.110. The first-order valence-electron chi connectivity index (χ1n) is 5.55. The van der Waals surface area contributed by atoms with E-state index in [1.165, 1.54) is 0 Å². The number of amidine groups is 1. The molecule has 1 fully saturated rings. The molecule has 1 aromatic carbocycles. The zero-order valence-corrected chi connectivity index (χ0v) is 10.7. The van der Waals surface area contributed by atoms with Gasteiger partial charge in [0.25, 0.3) is 0 Å². The summed E-state index contributed by atoms with van der Waals surface area (Å²) >= 11 is 0. The van der Waals surface area contributed by atoms with E-state index in [2.05, 4.69) is 9.88 Å². The van der Waals surface area contributed by atoms with Crippen molar-refractivity contribution in [1.82, 2.24) is 0 Å². The molecule has 4 N–H and O–H groups in total. The highest BCUT2D eigenvalue weighted by Crippen LogP contribution is 2.31. The van der Waals surface area contributed by atoms with E-state index in [1.807, 2.05) is 0 Å². The number of nitrogens with one attached hydrogen (secondary N) is 1. The molecule has 0 heterocycles. The minimum Gasteiger partial charge on any atom is -0.409 e. The summed E-state index contributed by atoms with van der Waals surface area (Å²) in [5.41, 5.74) is 7.06. The van der Waals surface area contributed by atoms with Crippen LogP contribution in [0.4, 0.5) is 5.69 Å². The van der Waals surface area contributed by atoms with Crippen LogP contribution in [-0.2, 0) is 10.0 Å². The highest BCUT2D eigenvalue weighted by molar-refractivity contribution is 7.93. The van der Waals surface area contributed by atoms with Crippen LogP contribution in [0.15, 0.2) is 23.4 Å². The highest BCUT2D eigenvalue weighted by atomic mass is 32.2. The van der Waals surface area contributed by atoms with Gasteiger partial charge in [-0.15, -0.1) is 0 Å². The molecule has 1 aromatic rings. The molecule has 0 radical (unpaired) electrons. The summed E-state index contributed by atoms with van der Waals surface area (Å²) in [6.07, 6.45) is 1.36. The zero-order chi connectivity index (χ0) is 13.3. The monoisotopic (exact) mass is 269 g/mol. The van der Waals surface area contributed by atoms with Crippen molar-refractivity contribution < 1.29 is 13.6 Å². The number of hydrogen-bond acceptors (Lipinski definition) is 4. The van der Waals surface area contributed by atoms with E-state index in [9.17, 15) is 8.42 Å². The number of nitrogens with zero attached hydrogens (tertiary/aromatic N) is 1. The van der Waals surface area contributed by atoms with Crippen LogP contribution in [-0.4, -0.2) is 24.7 Å². The maximum Gasteiger partial charge on any atom is 0.235 e. The summed E-state index contributed by atoms with van der Waals surface area (Å²) in [7, 11) is -3.36. The Bertz CT molecular complexity index is 592. The molecule has 1 saturated carbocycles. The molecule has 0 spiro atoms. The van der Waals surface area contributed by atoms with E-state index >= 15 is 0 Å². The third-order valence-corrected chi connectivity index (χ3v) is 4.71. The SMILES string of the molecule is Cc1cccc(NS(=O)(=O)C2CC2)c1/C(N)=N/O. The number of anilines is 1. The van der Waals surface area contributed by atoms with Crippen molar-refractivity contribution in [2.24, 2.45) is 10.9 Å². The molecule has 0 bridgehead atoms. The van der Waals surface area contributed by atoms with Crippen LogP contribution in [0.2, 0.25) is 0 Å². The Hall–Kier alpha value is -1.76. The lowest BCUT2D eigenvalue weighted by Gasteiger charge is -2.13. The smallest absolute Gasteiger partial charge is 0.235 e. The van der Waals surface area contributed by atoms with Gasteiger partial charge in [-0.25, -0.2) is 8.42 Å². The quantitative estimate of drug-likeness (QED) is 0.328. The fourth-order valence-electron chi connectivity index (χ4n) is 1.76. The normalized spacial score (nSPS) is 16.6. The first kappa shape index (κ1) is 12.7. The number of benzene rings is 1. The van der Waals surface area contributed by atoms with Gasteiger partial charge in [0.2, 0.25) is 10.0 Å². The second kappa shape index (κ2) is 4.49. The minimum atomic E-state index is -3.36. The van der Waals surface area contributed by atoms with Gasteiger partial charge in [-0.2, -0.15) is 0 Å². The Kier molecular flexibility index (Phi) is 3.16. The Labute approximate surface area is 106 Å². The average Bonchev–Trinajstić information content (AvgIpc) is 3.12. The minimum absolute atomic E-state index is 0.110. The molecule has 1 aliphatic carbocycles. The maximum absolute atomic E-state index is 11.9. The van der Waals surface area contributed by atoms with E-state index in [-0.39, 0.29) is 11.1 Å². The van der Waals surface area contributed by atoms with Gasteiger partial charge < -0.3 is 10.9 Å². The second-order valence-corrected chi connectivity index (χ2v) is 6.29. The van der Waals surface area contributed by atoms with Crippen molar-refractivity contribution in [3.8, 4) is 0 Å². The molecular formula is C11H15N3O3S. The van der Waals surface area contributed by atoms with Crippen molar-refractivity contribution in [3.05, 3.63) is 29.3 Å².